The van der Waals surface area contributed by atoms with Crippen LogP contribution in [0.2, 0.25) is 0 Å². The third kappa shape index (κ3) is 5.50. The van der Waals surface area contributed by atoms with E-state index >= 15 is 0 Å². The predicted molar refractivity (Wildman–Crippen MR) is 62.0 cm³/mol. The lowest BCUT2D eigenvalue weighted by atomic mass is 9.85. The first-order valence-electron chi connectivity index (χ1n) is 6.17. The van der Waals surface area contributed by atoms with Crippen molar-refractivity contribution in [1.29, 1.82) is 0 Å². The van der Waals surface area contributed by atoms with E-state index in [1.165, 1.54) is 19.3 Å². The summed E-state index contributed by atoms with van der Waals surface area (Å²) in [6.45, 7) is 6.35. The van der Waals surface area contributed by atoms with Gasteiger partial charge in [0.25, 0.3) is 0 Å². The predicted octanol–water partition coefficient (Wildman–Crippen LogP) is 1.70. The van der Waals surface area contributed by atoms with Crippen LogP contribution in [0.4, 0.5) is 0 Å². The second kappa shape index (κ2) is 6.46. The third-order valence-corrected chi connectivity index (χ3v) is 2.97. The van der Waals surface area contributed by atoms with Crippen molar-refractivity contribution in [2.45, 2.75) is 57.7 Å². The Bertz CT molecular complexity index is 165. The lowest BCUT2D eigenvalue weighted by molar-refractivity contribution is 0.00225. The van der Waals surface area contributed by atoms with E-state index in [1.54, 1.807) is 0 Å². The molecule has 0 aliphatic heterocycles. The Labute approximate surface area is 93.2 Å². The molecule has 0 unspecified atom stereocenters. The highest BCUT2D eigenvalue weighted by molar-refractivity contribution is 4.84. The minimum Gasteiger partial charge on any atom is -0.389 e. The zero-order chi connectivity index (χ0) is 11.1. The maximum Gasteiger partial charge on any atom is 0.0771 e. The van der Waals surface area contributed by atoms with Crippen LogP contribution in [0.15, 0.2) is 0 Å². The number of ether oxygens (including phenoxy) is 1. The summed E-state index contributed by atoms with van der Waals surface area (Å²) in [6, 6.07) is 0. The third-order valence-electron chi connectivity index (χ3n) is 2.97. The number of rotatable bonds is 6. The van der Waals surface area contributed by atoms with Gasteiger partial charge in [0.1, 0.15) is 0 Å². The summed E-state index contributed by atoms with van der Waals surface area (Å²) in [4.78, 5) is 0. The lowest BCUT2D eigenvalue weighted by Gasteiger charge is -2.32. The average Bonchev–Trinajstić information content (AvgIpc) is 2.17. The molecule has 0 spiro atoms. The largest absolute Gasteiger partial charge is 0.389 e. The Morgan fingerprint density at radius 3 is 2.53 bits per heavy atom. The first-order valence-corrected chi connectivity index (χ1v) is 6.17. The minimum absolute atomic E-state index is 0.296. The minimum atomic E-state index is -0.448. The van der Waals surface area contributed by atoms with Crippen molar-refractivity contribution in [3.8, 4) is 0 Å². The molecule has 0 atom stereocenters. The summed E-state index contributed by atoms with van der Waals surface area (Å²) in [5, 5.41) is 13.5. The summed E-state index contributed by atoms with van der Waals surface area (Å²) in [6.07, 6.45) is 5.81. The fraction of sp³-hybridized carbons (Fsp3) is 1.00. The van der Waals surface area contributed by atoms with Gasteiger partial charge in [-0.25, -0.2) is 0 Å². The molecule has 15 heavy (non-hydrogen) atoms. The molecule has 0 radical (unpaired) electrons. The van der Waals surface area contributed by atoms with Crippen LogP contribution in [0.3, 0.4) is 0 Å². The SMILES string of the molecule is CC(C)OCCNCC1(O)CCCCC1. The van der Waals surface area contributed by atoms with Gasteiger partial charge in [-0.05, 0) is 26.7 Å². The second-order valence-electron chi connectivity index (χ2n) is 4.88. The molecule has 0 bridgehead atoms. The van der Waals surface area contributed by atoms with Crippen LogP contribution in [0, 0.1) is 0 Å². The van der Waals surface area contributed by atoms with Gasteiger partial charge < -0.3 is 15.2 Å². The van der Waals surface area contributed by atoms with Gasteiger partial charge in [-0.2, -0.15) is 0 Å². The van der Waals surface area contributed by atoms with Crippen LogP contribution in [0.5, 0.6) is 0 Å². The van der Waals surface area contributed by atoms with Crippen LogP contribution < -0.4 is 5.32 Å². The van der Waals surface area contributed by atoms with E-state index in [-0.39, 0.29) is 0 Å². The van der Waals surface area contributed by atoms with Crippen molar-refractivity contribution >= 4 is 0 Å². The molecule has 3 heteroatoms. The van der Waals surface area contributed by atoms with Gasteiger partial charge in [0.05, 0.1) is 18.3 Å². The van der Waals surface area contributed by atoms with Crippen LogP contribution >= 0.6 is 0 Å². The molecular weight excluding hydrogens is 190 g/mol. The van der Waals surface area contributed by atoms with Crippen molar-refractivity contribution in [3.05, 3.63) is 0 Å². The smallest absolute Gasteiger partial charge is 0.0771 e. The Morgan fingerprint density at radius 2 is 1.93 bits per heavy atom. The van der Waals surface area contributed by atoms with Gasteiger partial charge >= 0.3 is 0 Å². The van der Waals surface area contributed by atoms with Crippen LogP contribution in [0.1, 0.15) is 46.0 Å². The molecule has 1 aliphatic carbocycles. The van der Waals surface area contributed by atoms with Crippen molar-refractivity contribution in [2.24, 2.45) is 0 Å². The first kappa shape index (κ1) is 12.9. The Balaban J connectivity index is 2.03. The molecule has 0 aromatic rings. The second-order valence-corrected chi connectivity index (χ2v) is 4.88. The van der Waals surface area contributed by atoms with E-state index in [0.29, 0.717) is 12.6 Å². The van der Waals surface area contributed by atoms with Crippen molar-refractivity contribution in [2.75, 3.05) is 19.7 Å². The highest BCUT2D eigenvalue weighted by Gasteiger charge is 2.28. The van der Waals surface area contributed by atoms with Crippen LogP contribution in [0.25, 0.3) is 0 Å². The summed E-state index contributed by atoms with van der Waals surface area (Å²) < 4.78 is 5.42. The molecule has 0 saturated heterocycles. The number of nitrogens with one attached hydrogen (secondary N) is 1. The van der Waals surface area contributed by atoms with E-state index < -0.39 is 5.60 Å². The molecular formula is C12H25NO2. The Hall–Kier alpha value is -0.120. The molecule has 1 saturated carbocycles. The maximum atomic E-state index is 10.2. The lowest BCUT2D eigenvalue weighted by Crippen LogP contribution is -2.43. The van der Waals surface area contributed by atoms with E-state index in [1.807, 2.05) is 13.8 Å². The van der Waals surface area contributed by atoms with Crippen molar-refractivity contribution in [3.63, 3.8) is 0 Å². The number of aliphatic hydroxyl groups is 1. The highest BCUT2D eigenvalue weighted by Crippen LogP contribution is 2.27. The Morgan fingerprint density at radius 1 is 1.27 bits per heavy atom. The van der Waals surface area contributed by atoms with Crippen LogP contribution in [-0.2, 0) is 4.74 Å². The molecule has 0 aromatic carbocycles. The molecule has 1 aliphatic rings. The van der Waals surface area contributed by atoms with Gasteiger partial charge in [-0.1, -0.05) is 19.3 Å². The maximum absolute atomic E-state index is 10.2. The van der Waals surface area contributed by atoms with Crippen molar-refractivity contribution < 1.29 is 9.84 Å². The zero-order valence-electron chi connectivity index (χ0n) is 10.1. The zero-order valence-corrected chi connectivity index (χ0v) is 10.1. The van der Waals surface area contributed by atoms with Gasteiger partial charge in [0.15, 0.2) is 0 Å². The van der Waals surface area contributed by atoms with E-state index in [9.17, 15) is 5.11 Å². The number of hydrogen-bond acceptors (Lipinski definition) is 3. The van der Waals surface area contributed by atoms with Crippen LogP contribution in [-0.4, -0.2) is 36.5 Å². The fourth-order valence-electron chi connectivity index (χ4n) is 2.07. The van der Waals surface area contributed by atoms with Crippen molar-refractivity contribution in [1.82, 2.24) is 5.32 Å². The molecule has 0 amide bonds. The first-order chi connectivity index (χ1) is 7.12. The molecule has 90 valence electrons. The summed E-state index contributed by atoms with van der Waals surface area (Å²) in [7, 11) is 0. The van der Waals surface area contributed by atoms with E-state index in [2.05, 4.69) is 5.32 Å². The number of hydrogen-bond donors (Lipinski definition) is 2. The molecule has 2 N–H and O–H groups in total. The molecule has 0 heterocycles. The fourth-order valence-corrected chi connectivity index (χ4v) is 2.07. The van der Waals surface area contributed by atoms with Gasteiger partial charge in [0.2, 0.25) is 0 Å². The van der Waals surface area contributed by atoms with E-state index in [4.69, 9.17) is 4.74 Å². The highest BCUT2D eigenvalue weighted by atomic mass is 16.5. The molecule has 1 fully saturated rings. The molecule has 0 aromatic heterocycles. The van der Waals surface area contributed by atoms with Gasteiger partial charge in [0, 0.05) is 13.1 Å². The van der Waals surface area contributed by atoms with E-state index in [0.717, 1.165) is 26.0 Å². The summed E-state index contributed by atoms with van der Waals surface area (Å²) in [5.41, 5.74) is -0.448. The summed E-state index contributed by atoms with van der Waals surface area (Å²) in [5.74, 6) is 0. The standard InChI is InChI=1S/C12H25NO2/c1-11(2)15-9-8-13-10-12(14)6-4-3-5-7-12/h11,13-14H,3-10H2,1-2H3. The quantitative estimate of drug-likeness (QED) is 0.663. The van der Waals surface area contributed by atoms with Gasteiger partial charge in [-0.15, -0.1) is 0 Å². The summed E-state index contributed by atoms with van der Waals surface area (Å²) >= 11 is 0. The average molecular weight is 215 g/mol. The topological polar surface area (TPSA) is 41.5 Å². The normalized spacial score (nSPS) is 20.8. The molecule has 3 nitrogen and oxygen atoms in total. The van der Waals surface area contributed by atoms with Gasteiger partial charge in [-0.3, -0.25) is 0 Å². The monoisotopic (exact) mass is 215 g/mol. The Kier molecular flexibility index (Phi) is 5.58. The molecule has 1 rings (SSSR count).